The van der Waals surface area contributed by atoms with Crippen LogP contribution in [-0.2, 0) is 35.8 Å². The molecule has 1 aromatic heterocycles. The first-order chi connectivity index (χ1) is 27.7. The molecule has 0 aromatic carbocycles. The van der Waals surface area contributed by atoms with E-state index < -0.39 is 0 Å². The van der Waals surface area contributed by atoms with E-state index in [-0.39, 0.29) is 55.6 Å². The molecule has 1 aliphatic rings. The van der Waals surface area contributed by atoms with Crippen LogP contribution in [-0.4, -0.2) is 87.5 Å². The van der Waals surface area contributed by atoms with Crippen molar-refractivity contribution >= 4 is 35.1 Å². The summed E-state index contributed by atoms with van der Waals surface area (Å²) in [5.41, 5.74) is 0. The maximum atomic E-state index is 10.4. The van der Waals surface area contributed by atoms with Gasteiger partial charge in [-0.2, -0.15) is 0 Å². The van der Waals surface area contributed by atoms with Gasteiger partial charge in [-0.15, -0.1) is 10.2 Å². The predicted octanol–water partition coefficient (Wildman–Crippen LogP) is 10.4. The second-order valence-electron chi connectivity index (χ2n) is 15.7. The van der Waals surface area contributed by atoms with Crippen molar-refractivity contribution in [3.63, 3.8) is 0 Å². The van der Waals surface area contributed by atoms with Gasteiger partial charge in [0.2, 0.25) is 17.8 Å². The van der Waals surface area contributed by atoms with E-state index in [1.807, 2.05) is 73.9 Å². The molecule has 0 spiro atoms. The number of amides is 2. The van der Waals surface area contributed by atoms with Crippen molar-refractivity contribution in [3.05, 3.63) is 30.6 Å². The van der Waals surface area contributed by atoms with Crippen molar-refractivity contribution in [2.75, 3.05) is 25.6 Å². The lowest BCUT2D eigenvalue weighted by Crippen LogP contribution is -2.27. The summed E-state index contributed by atoms with van der Waals surface area (Å²) < 4.78 is 6.29. The van der Waals surface area contributed by atoms with E-state index in [0.29, 0.717) is 17.6 Å². The molecule has 1 aliphatic carbocycles. The highest BCUT2D eigenvalue weighted by molar-refractivity contribution is 5.81. The van der Waals surface area contributed by atoms with Gasteiger partial charge in [0.1, 0.15) is 24.5 Å². The third-order valence-corrected chi connectivity index (χ3v) is 6.47. The summed E-state index contributed by atoms with van der Waals surface area (Å²) >= 11 is 0. The number of hydrogen-bond donors (Lipinski definition) is 4. The number of nitrogens with zero attached hydrogens (tertiary/aromatic N) is 3. The molecule has 1 aromatic rings. The molecule has 0 bridgehead atoms. The highest BCUT2D eigenvalue weighted by atomic mass is 16.5. The number of hydrogen-bond acceptors (Lipinski definition) is 10. The number of aromatic nitrogens is 3. The van der Waals surface area contributed by atoms with Gasteiger partial charge in [-0.05, 0) is 113 Å². The number of anilines is 1. The Hall–Kier alpha value is -3.71. The molecule has 364 valence electrons. The molecule has 2 amide bonds. The average molecular weight is 873 g/mol. The van der Waals surface area contributed by atoms with Gasteiger partial charge in [-0.25, -0.2) is 0 Å². The normalized spacial score (nSPS) is 13.2. The number of ether oxygens (including phenoxy) is 1. The molecule has 1 heterocycles. The number of nitrogens with one attached hydrogen (secondary N) is 3. The minimum absolute atomic E-state index is 0. The van der Waals surface area contributed by atoms with E-state index in [4.69, 9.17) is 5.11 Å². The molecule has 13 nitrogen and oxygen atoms in total. The molecule has 1 fully saturated rings. The predicted molar refractivity (Wildman–Crippen MR) is 262 cm³/mol. The van der Waals surface area contributed by atoms with Gasteiger partial charge < -0.3 is 35.2 Å². The number of rotatable bonds is 13. The van der Waals surface area contributed by atoms with Crippen LogP contribution in [0, 0.1) is 23.7 Å². The molecular weight excluding hydrogens is 773 g/mol. The maximum absolute atomic E-state index is 10.4. The van der Waals surface area contributed by atoms with E-state index in [1.54, 1.807) is 20.2 Å². The van der Waals surface area contributed by atoms with Crippen molar-refractivity contribution in [1.82, 2.24) is 25.4 Å². The highest BCUT2D eigenvalue weighted by Crippen LogP contribution is 2.37. The van der Waals surface area contributed by atoms with Crippen molar-refractivity contribution in [2.45, 2.75) is 196 Å². The van der Waals surface area contributed by atoms with E-state index in [1.165, 1.54) is 27.9 Å². The number of aliphatic hydroxyl groups is 1. The van der Waals surface area contributed by atoms with Crippen LogP contribution < -0.4 is 16.0 Å². The van der Waals surface area contributed by atoms with Gasteiger partial charge >= 0.3 is 0 Å². The zero-order valence-corrected chi connectivity index (χ0v) is 42.6. The van der Waals surface area contributed by atoms with Gasteiger partial charge in [-0.1, -0.05) is 86.6 Å². The van der Waals surface area contributed by atoms with Gasteiger partial charge in [0.15, 0.2) is 5.78 Å². The lowest BCUT2D eigenvalue weighted by Gasteiger charge is -2.02. The number of aliphatic hydroxyl groups excluding tert-OH is 1. The zero-order valence-electron chi connectivity index (χ0n) is 42.6. The number of carbonyl (C=O) groups excluding carboxylic acids is 5. The van der Waals surface area contributed by atoms with Crippen molar-refractivity contribution in [2.24, 2.45) is 30.7 Å². The van der Waals surface area contributed by atoms with E-state index in [0.717, 1.165) is 56.4 Å². The van der Waals surface area contributed by atoms with Crippen LogP contribution in [0.25, 0.3) is 0 Å². The zero-order chi connectivity index (χ0) is 48.8. The van der Waals surface area contributed by atoms with Crippen molar-refractivity contribution < 1.29 is 33.8 Å². The Labute approximate surface area is 376 Å². The quantitative estimate of drug-likeness (QED) is 0.139. The van der Waals surface area contributed by atoms with Crippen molar-refractivity contribution in [3.8, 4) is 0 Å². The summed E-state index contributed by atoms with van der Waals surface area (Å²) in [6.07, 6.45) is 14.9. The molecule has 4 N–H and O–H groups in total. The second-order valence-corrected chi connectivity index (χ2v) is 15.7. The van der Waals surface area contributed by atoms with Crippen LogP contribution in [0.4, 0.5) is 5.95 Å². The van der Waals surface area contributed by atoms with Crippen LogP contribution in [0.3, 0.4) is 0 Å². The fourth-order valence-electron chi connectivity index (χ4n) is 4.05. The smallest absolute Gasteiger partial charge is 0.224 e. The Morgan fingerprint density at radius 3 is 1.28 bits per heavy atom. The topological polar surface area (TPSA) is 182 Å². The summed E-state index contributed by atoms with van der Waals surface area (Å²) in [5.74, 6) is 4.17. The van der Waals surface area contributed by atoms with E-state index in [9.17, 15) is 24.0 Å². The van der Waals surface area contributed by atoms with Gasteiger partial charge in [0, 0.05) is 59.0 Å². The van der Waals surface area contributed by atoms with Crippen LogP contribution in [0.5, 0.6) is 0 Å². The van der Waals surface area contributed by atoms with Gasteiger partial charge in [-0.3, -0.25) is 19.2 Å². The minimum Gasteiger partial charge on any atom is -0.393 e. The SMILES string of the molecule is C.CC(=O)C1CC1C.CC(=O)NC(C)C.CC(=O)NC(C)C.CC=CC(C)C.CC=CC(C)C.CCCC(C)=O.CCCC(C)O.CCNc1nncn1C.COCC(C)=O. The Kier molecular flexibility index (Phi) is 66.5. The van der Waals surface area contributed by atoms with Crippen LogP contribution in [0.1, 0.15) is 178 Å². The Morgan fingerprint density at radius 1 is 0.803 bits per heavy atom. The summed E-state index contributed by atoms with van der Waals surface area (Å²) in [7, 11) is 3.40. The fourth-order valence-corrected chi connectivity index (χ4v) is 4.05. The number of ketones is 3. The first-order valence-electron chi connectivity index (χ1n) is 21.7. The largest absolute Gasteiger partial charge is 0.393 e. The number of allylic oxidation sites excluding steroid dienone is 4. The third-order valence-electron chi connectivity index (χ3n) is 6.47. The van der Waals surface area contributed by atoms with E-state index >= 15 is 0 Å². The average Bonchev–Trinajstić information content (AvgIpc) is 3.69. The maximum Gasteiger partial charge on any atom is 0.224 e. The molecule has 0 radical (unpaired) electrons. The summed E-state index contributed by atoms with van der Waals surface area (Å²) in [6.45, 7) is 39.4. The molecule has 3 atom stereocenters. The summed E-state index contributed by atoms with van der Waals surface area (Å²) in [4.78, 5) is 50.7. The molecular formula is C48H100N6O7. The third kappa shape index (κ3) is 92.8. The van der Waals surface area contributed by atoms with Crippen LogP contribution in [0.15, 0.2) is 30.6 Å². The molecule has 13 heteroatoms. The summed E-state index contributed by atoms with van der Waals surface area (Å²) in [5, 5.41) is 24.4. The number of aryl methyl sites for hydroxylation is 1. The second kappa shape index (κ2) is 54.3. The van der Waals surface area contributed by atoms with Crippen LogP contribution in [0.2, 0.25) is 0 Å². The monoisotopic (exact) mass is 873 g/mol. The van der Waals surface area contributed by atoms with Gasteiger partial charge in [0.05, 0.1) is 6.10 Å². The molecule has 2 rings (SSSR count). The number of carbonyl (C=O) groups is 5. The molecule has 0 saturated heterocycles. The molecule has 1 saturated carbocycles. The van der Waals surface area contributed by atoms with Crippen molar-refractivity contribution in [1.29, 1.82) is 0 Å². The number of methoxy groups -OCH3 is 1. The number of Topliss-reactive ketones (excluding diaryl/α,β-unsaturated/α-hetero) is 3. The first kappa shape index (κ1) is 74.7. The Morgan fingerprint density at radius 2 is 1.21 bits per heavy atom. The van der Waals surface area contributed by atoms with Gasteiger partial charge in [0.25, 0.3) is 0 Å². The first-order valence-corrected chi connectivity index (χ1v) is 21.7. The minimum atomic E-state index is -0.102. The Bertz CT molecular complexity index is 1140. The lowest BCUT2D eigenvalue weighted by molar-refractivity contribution is -0.121. The fraction of sp³-hybridized carbons (Fsp3) is 0.771. The molecule has 3 unspecified atom stereocenters. The lowest BCUT2D eigenvalue weighted by atomic mass is 10.2. The van der Waals surface area contributed by atoms with Crippen LogP contribution >= 0.6 is 0 Å². The Balaban J connectivity index is -0.0000000865. The van der Waals surface area contributed by atoms with E-state index in [2.05, 4.69) is 96.7 Å². The molecule has 0 aliphatic heterocycles. The molecule has 61 heavy (non-hydrogen) atoms. The highest BCUT2D eigenvalue weighted by Gasteiger charge is 2.36. The standard InChI is InChI=1S/C6H10O.2C6H12.C5H10N4.2C5H11NO.C5H12O.C5H10O.C4H8O2.CH4/c1-4-3-6(4)5(2)7;2*1-4-5-6(2)3;1-3-6-5-8-7-4-9(5)2;2*1-4(2)6-5(3)7;2*1-3-4-5(2)6;1-4(5)3-6-2;/h4,6H,3H2,1-2H3;2*4-6H,1-3H3;4H,3H2,1-2H3,(H,6,8);2*4H,1-3H3,(H,6,7);5-6H,3-4H2,1-2H3;3-4H2,1-2H3;3H2,1-2H3;1H4. The summed E-state index contributed by atoms with van der Waals surface area (Å²) in [6, 6.07) is 0.551.